The third-order valence-electron chi connectivity index (χ3n) is 3.83. The van der Waals surface area contributed by atoms with Gasteiger partial charge in [0.1, 0.15) is 0 Å². The molecule has 152 valence electrons. The lowest BCUT2D eigenvalue weighted by atomic mass is 10.3. The highest BCUT2D eigenvalue weighted by Gasteiger charge is 2.22. The van der Waals surface area contributed by atoms with Gasteiger partial charge in [0.2, 0.25) is 15.7 Å². The zero-order chi connectivity index (χ0) is 20.7. The Morgan fingerprint density at radius 3 is 2.32 bits per heavy atom. The van der Waals surface area contributed by atoms with Crippen LogP contribution in [0.4, 0.5) is 0 Å². The largest absolute Gasteiger partial charge is 0.342 e. The summed E-state index contributed by atoms with van der Waals surface area (Å²) in [6.07, 6.45) is 2.78. The highest BCUT2D eigenvalue weighted by Crippen LogP contribution is 2.21. The van der Waals surface area contributed by atoms with Gasteiger partial charge < -0.3 is 9.88 Å². The summed E-state index contributed by atoms with van der Waals surface area (Å²) in [6, 6.07) is 6.00. The van der Waals surface area contributed by atoms with Gasteiger partial charge in [-0.1, -0.05) is 41.5 Å². The Morgan fingerprint density at radius 2 is 1.79 bits per heavy atom. The van der Waals surface area contributed by atoms with Crippen molar-refractivity contribution in [3.63, 3.8) is 0 Å². The number of thioether (sulfide) groups is 1. The predicted octanol–water partition coefficient (Wildman–Crippen LogP) is 3.11. The predicted molar refractivity (Wildman–Crippen MR) is 112 cm³/mol. The average molecular weight is 488 g/mol. The van der Waals surface area contributed by atoms with Gasteiger partial charge in [-0.3, -0.25) is 9.59 Å². The number of halogens is 1. The van der Waals surface area contributed by atoms with E-state index in [0.29, 0.717) is 13.1 Å². The Bertz CT molecular complexity index is 969. The minimum atomic E-state index is -3.97. The summed E-state index contributed by atoms with van der Waals surface area (Å²) >= 11 is 4.32. The molecule has 0 aliphatic heterocycles. The lowest BCUT2D eigenvalue weighted by molar-refractivity contribution is -0.128. The number of hydrogen-bond donors (Lipinski definition) is 1. The Balaban J connectivity index is 2.15. The summed E-state index contributed by atoms with van der Waals surface area (Å²) in [7, 11) is -3.97. The molecule has 7 nitrogen and oxygen atoms in total. The molecule has 0 radical (unpaired) electrons. The molecule has 1 amide bonds. The van der Waals surface area contributed by atoms with Crippen LogP contribution in [-0.4, -0.2) is 48.0 Å². The Kier molecular flexibility index (Phi) is 8.26. The van der Waals surface area contributed by atoms with Gasteiger partial charge >= 0.3 is 0 Å². The summed E-state index contributed by atoms with van der Waals surface area (Å²) in [5.74, 6) is 0.0878. The second-order valence-electron chi connectivity index (χ2n) is 6.01. The summed E-state index contributed by atoms with van der Waals surface area (Å²) in [5.41, 5.74) is -0.758. The molecule has 0 spiro atoms. The molecule has 28 heavy (non-hydrogen) atoms. The van der Waals surface area contributed by atoms with Crippen LogP contribution in [0.1, 0.15) is 26.7 Å². The van der Waals surface area contributed by atoms with E-state index >= 15 is 0 Å². The summed E-state index contributed by atoms with van der Waals surface area (Å²) in [4.78, 5) is 32.5. The molecule has 2 rings (SSSR count). The monoisotopic (exact) mass is 487 g/mol. The molecule has 0 unspecified atom stereocenters. The first kappa shape index (κ1) is 22.6. The van der Waals surface area contributed by atoms with Crippen molar-refractivity contribution in [1.82, 2.24) is 14.9 Å². The molecule has 0 saturated heterocycles. The number of aromatic nitrogens is 2. The molecule has 0 fully saturated rings. The van der Waals surface area contributed by atoms with Crippen LogP contribution in [0.15, 0.2) is 54.7 Å². The number of aromatic amines is 1. The van der Waals surface area contributed by atoms with Gasteiger partial charge in [0.05, 0.1) is 16.8 Å². The molecule has 0 aliphatic carbocycles. The SMILES string of the molecule is CCCN(CCC)C(=O)CSc1ncc(S(=O)(=O)c2ccc(Br)cc2)c(=O)[nH]1. The second kappa shape index (κ2) is 10.2. The highest BCUT2D eigenvalue weighted by molar-refractivity contribution is 9.10. The fourth-order valence-electron chi connectivity index (χ4n) is 2.49. The van der Waals surface area contributed by atoms with E-state index in [0.717, 1.165) is 35.3 Å². The van der Waals surface area contributed by atoms with E-state index in [4.69, 9.17) is 0 Å². The number of sulfone groups is 1. The minimum Gasteiger partial charge on any atom is -0.342 e. The van der Waals surface area contributed by atoms with Crippen LogP contribution in [0.5, 0.6) is 0 Å². The number of carbonyl (C=O) groups excluding carboxylic acids is 1. The third-order valence-corrected chi connectivity index (χ3v) is 6.99. The number of rotatable bonds is 9. The van der Waals surface area contributed by atoms with E-state index in [1.807, 2.05) is 13.8 Å². The fraction of sp³-hybridized carbons (Fsp3) is 0.389. The normalized spacial score (nSPS) is 11.4. The van der Waals surface area contributed by atoms with Crippen molar-refractivity contribution >= 4 is 43.4 Å². The molecular weight excluding hydrogens is 466 g/mol. The lowest BCUT2D eigenvalue weighted by Gasteiger charge is -2.21. The second-order valence-corrected chi connectivity index (χ2v) is 9.81. The number of carbonyl (C=O) groups is 1. The number of nitrogens with one attached hydrogen (secondary N) is 1. The van der Waals surface area contributed by atoms with Gasteiger partial charge in [0.15, 0.2) is 10.1 Å². The van der Waals surface area contributed by atoms with Gasteiger partial charge in [-0.05, 0) is 37.1 Å². The van der Waals surface area contributed by atoms with Crippen molar-refractivity contribution < 1.29 is 13.2 Å². The zero-order valence-corrected chi connectivity index (χ0v) is 18.9. The molecule has 1 aromatic carbocycles. The van der Waals surface area contributed by atoms with Crippen LogP contribution in [0, 0.1) is 0 Å². The minimum absolute atomic E-state index is 0.00774. The summed E-state index contributed by atoms with van der Waals surface area (Å²) < 4.78 is 26.0. The highest BCUT2D eigenvalue weighted by atomic mass is 79.9. The van der Waals surface area contributed by atoms with E-state index in [-0.39, 0.29) is 21.7 Å². The van der Waals surface area contributed by atoms with Crippen LogP contribution in [0.3, 0.4) is 0 Å². The van der Waals surface area contributed by atoms with Crippen molar-refractivity contribution in [1.29, 1.82) is 0 Å². The van der Waals surface area contributed by atoms with Crippen molar-refractivity contribution in [2.75, 3.05) is 18.8 Å². The van der Waals surface area contributed by atoms with E-state index in [2.05, 4.69) is 25.9 Å². The number of benzene rings is 1. The molecule has 0 aliphatic rings. The fourth-order valence-corrected chi connectivity index (χ4v) is 4.73. The van der Waals surface area contributed by atoms with Crippen molar-refractivity contribution in [3.8, 4) is 0 Å². The van der Waals surface area contributed by atoms with Crippen molar-refractivity contribution in [3.05, 3.63) is 45.3 Å². The maximum Gasteiger partial charge on any atom is 0.270 e. The molecule has 1 N–H and O–H groups in total. The molecular formula is C18H22BrN3O4S2. The Labute approximate surface area is 177 Å². The van der Waals surface area contributed by atoms with E-state index in [1.165, 1.54) is 12.1 Å². The van der Waals surface area contributed by atoms with Gasteiger partial charge in [-0.2, -0.15) is 0 Å². The van der Waals surface area contributed by atoms with Gasteiger partial charge in [-0.25, -0.2) is 13.4 Å². The molecule has 1 aromatic heterocycles. The first-order valence-electron chi connectivity index (χ1n) is 8.80. The average Bonchev–Trinajstić information content (AvgIpc) is 2.66. The first-order valence-corrected chi connectivity index (χ1v) is 12.1. The summed E-state index contributed by atoms with van der Waals surface area (Å²) in [6.45, 7) is 5.38. The van der Waals surface area contributed by atoms with E-state index < -0.39 is 20.3 Å². The standard InChI is InChI=1S/C18H22BrN3O4S2/c1-3-9-22(10-4-2)16(23)12-27-18-20-11-15(17(24)21-18)28(25,26)14-7-5-13(19)6-8-14/h5-8,11H,3-4,9-10,12H2,1-2H3,(H,20,21,24). The lowest BCUT2D eigenvalue weighted by Crippen LogP contribution is -2.33. The number of nitrogens with zero attached hydrogens (tertiary/aromatic N) is 2. The molecule has 0 bridgehead atoms. The van der Waals surface area contributed by atoms with Crippen LogP contribution in [0.25, 0.3) is 0 Å². The topological polar surface area (TPSA) is 100 Å². The Hall–Kier alpha value is -1.65. The molecule has 0 atom stereocenters. The Morgan fingerprint density at radius 1 is 1.18 bits per heavy atom. The van der Waals surface area contributed by atoms with Gasteiger partial charge in [0.25, 0.3) is 5.56 Å². The van der Waals surface area contributed by atoms with Crippen molar-refractivity contribution in [2.45, 2.75) is 41.6 Å². The molecule has 2 aromatic rings. The van der Waals surface area contributed by atoms with Gasteiger partial charge in [-0.15, -0.1) is 0 Å². The molecule has 0 saturated carbocycles. The molecule has 10 heteroatoms. The van der Waals surface area contributed by atoms with Crippen LogP contribution >= 0.6 is 27.7 Å². The quantitative estimate of drug-likeness (QED) is 0.430. The summed E-state index contributed by atoms with van der Waals surface area (Å²) in [5, 5.41) is 0.209. The van der Waals surface area contributed by atoms with Crippen LogP contribution in [-0.2, 0) is 14.6 Å². The molecule has 1 heterocycles. The number of H-pyrrole nitrogens is 1. The maximum absolute atomic E-state index is 12.6. The number of amides is 1. The number of hydrogen-bond acceptors (Lipinski definition) is 6. The first-order chi connectivity index (χ1) is 13.3. The van der Waals surface area contributed by atoms with Crippen LogP contribution < -0.4 is 5.56 Å². The zero-order valence-electron chi connectivity index (χ0n) is 15.6. The van der Waals surface area contributed by atoms with Crippen LogP contribution in [0.2, 0.25) is 0 Å². The smallest absolute Gasteiger partial charge is 0.270 e. The van der Waals surface area contributed by atoms with E-state index in [9.17, 15) is 18.0 Å². The van der Waals surface area contributed by atoms with Gasteiger partial charge in [0, 0.05) is 17.6 Å². The van der Waals surface area contributed by atoms with E-state index in [1.54, 1.807) is 17.0 Å². The van der Waals surface area contributed by atoms with Crippen molar-refractivity contribution in [2.24, 2.45) is 0 Å². The third kappa shape index (κ3) is 5.68. The maximum atomic E-state index is 12.6.